The van der Waals surface area contributed by atoms with Gasteiger partial charge < -0.3 is 0 Å². The lowest BCUT2D eigenvalue weighted by Gasteiger charge is -2.08. The van der Waals surface area contributed by atoms with Gasteiger partial charge in [-0.25, -0.2) is 0 Å². The van der Waals surface area contributed by atoms with Crippen molar-refractivity contribution in [3.05, 3.63) is 11.6 Å². The molecule has 0 N–H and O–H groups in total. The highest BCUT2D eigenvalue weighted by Crippen LogP contribution is 2.36. The van der Waals surface area contributed by atoms with Crippen LogP contribution in [0.25, 0.3) is 0 Å². The third-order valence-corrected chi connectivity index (χ3v) is 2.45. The zero-order valence-corrected chi connectivity index (χ0v) is 7.30. The Kier molecular flexibility index (Phi) is 1.59. The molecule has 60 valence electrons. The van der Waals surface area contributed by atoms with E-state index in [4.69, 9.17) is 0 Å². The molecule has 0 bridgehead atoms. The Morgan fingerprint density at radius 2 is 2.18 bits per heavy atom. The number of nitrogens with zero attached hydrogens (tertiary/aromatic N) is 1. The van der Waals surface area contributed by atoms with Crippen LogP contribution in [0.1, 0.15) is 26.7 Å². The van der Waals surface area contributed by atoms with Gasteiger partial charge in [0.1, 0.15) is 0 Å². The molecule has 0 amide bonds. The Labute approximate surface area is 68.2 Å². The summed E-state index contributed by atoms with van der Waals surface area (Å²) in [5.74, 6) is 1.52. The summed E-state index contributed by atoms with van der Waals surface area (Å²) in [7, 11) is 0. The van der Waals surface area contributed by atoms with Gasteiger partial charge in [0.2, 0.25) is 0 Å². The zero-order chi connectivity index (χ0) is 7.84. The molecule has 1 fully saturated rings. The van der Waals surface area contributed by atoms with E-state index in [-0.39, 0.29) is 0 Å². The topological polar surface area (TPSA) is 12.4 Å². The van der Waals surface area contributed by atoms with Crippen LogP contribution in [0, 0.1) is 11.8 Å². The van der Waals surface area contributed by atoms with Crippen molar-refractivity contribution in [2.24, 2.45) is 16.8 Å². The van der Waals surface area contributed by atoms with Crippen molar-refractivity contribution < 1.29 is 0 Å². The predicted molar refractivity (Wildman–Crippen MR) is 47.9 cm³/mol. The SMILES string of the molecule is CC(C)C1=CCN=C1C1CC1. The van der Waals surface area contributed by atoms with Crippen LogP contribution < -0.4 is 0 Å². The molecule has 0 spiro atoms. The summed E-state index contributed by atoms with van der Waals surface area (Å²) in [6.45, 7) is 5.46. The van der Waals surface area contributed by atoms with Crippen LogP contribution >= 0.6 is 0 Å². The standard InChI is InChI=1S/C10H15N/c1-7(2)9-5-6-11-10(9)8-3-4-8/h5,7-8H,3-4,6H2,1-2H3. The molecule has 0 aromatic carbocycles. The van der Waals surface area contributed by atoms with Gasteiger partial charge in [-0.3, -0.25) is 4.99 Å². The van der Waals surface area contributed by atoms with Gasteiger partial charge in [-0.1, -0.05) is 19.9 Å². The van der Waals surface area contributed by atoms with Gasteiger partial charge in [-0.2, -0.15) is 0 Å². The second-order valence-electron chi connectivity index (χ2n) is 3.81. The van der Waals surface area contributed by atoms with Crippen LogP contribution in [0.3, 0.4) is 0 Å². The first-order valence-electron chi connectivity index (χ1n) is 4.54. The van der Waals surface area contributed by atoms with Crippen molar-refractivity contribution in [1.82, 2.24) is 0 Å². The molecule has 0 radical (unpaired) electrons. The van der Waals surface area contributed by atoms with Crippen LogP contribution in [0.4, 0.5) is 0 Å². The van der Waals surface area contributed by atoms with Gasteiger partial charge in [0, 0.05) is 11.6 Å². The molecule has 2 rings (SSSR count). The lowest BCUT2D eigenvalue weighted by molar-refractivity contribution is 0.798. The average Bonchev–Trinajstić information content (AvgIpc) is 2.68. The number of hydrogen-bond donors (Lipinski definition) is 0. The van der Waals surface area contributed by atoms with Crippen LogP contribution in [0.5, 0.6) is 0 Å². The van der Waals surface area contributed by atoms with Crippen molar-refractivity contribution in [3.8, 4) is 0 Å². The minimum Gasteiger partial charge on any atom is -0.285 e. The molecule has 1 aliphatic heterocycles. The van der Waals surface area contributed by atoms with E-state index in [0.717, 1.165) is 12.5 Å². The minimum absolute atomic E-state index is 0.678. The molecule has 1 heterocycles. The van der Waals surface area contributed by atoms with Crippen LogP contribution in [0.2, 0.25) is 0 Å². The number of allylic oxidation sites excluding steroid dienone is 1. The van der Waals surface area contributed by atoms with Crippen molar-refractivity contribution in [1.29, 1.82) is 0 Å². The van der Waals surface area contributed by atoms with Gasteiger partial charge in [-0.05, 0) is 24.3 Å². The van der Waals surface area contributed by atoms with Crippen molar-refractivity contribution in [2.75, 3.05) is 6.54 Å². The summed E-state index contributed by atoms with van der Waals surface area (Å²) >= 11 is 0. The molecule has 1 aliphatic carbocycles. The van der Waals surface area contributed by atoms with E-state index in [1.807, 2.05) is 0 Å². The van der Waals surface area contributed by atoms with E-state index >= 15 is 0 Å². The molecule has 0 aromatic rings. The third-order valence-electron chi connectivity index (χ3n) is 2.45. The largest absolute Gasteiger partial charge is 0.285 e. The molecule has 0 aromatic heterocycles. The molecule has 1 heteroatoms. The summed E-state index contributed by atoms with van der Waals surface area (Å²) in [6.07, 6.45) is 5.05. The molecule has 0 atom stereocenters. The summed E-state index contributed by atoms with van der Waals surface area (Å²) in [4.78, 5) is 4.52. The van der Waals surface area contributed by atoms with Crippen LogP contribution in [-0.2, 0) is 0 Å². The predicted octanol–water partition coefficient (Wildman–Crippen LogP) is 2.43. The molecule has 1 nitrogen and oxygen atoms in total. The Bertz CT molecular complexity index is 203. The van der Waals surface area contributed by atoms with E-state index in [0.29, 0.717) is 5.92 Å². The highest BCUT2D eigenvalue weighted by molar-refractivity contribution is 6.05. The van der Waals surface area contributed by atoms with E-state index in [1.54, 1.807) is 0 Å². The second kappa shape index (κ2) is 2.47. The first kappa shape index (κ1) is 7.08. The minimum atomic E-state index is 0.678. The fraction of sp³-hybridized carbons (Fsp3) is 0.700. The Morgan fingerprint density at radius 3 is 2.73 bits per heavy atom. The summed E-state index contributed by atoms with van der Waals surface area (Å²) in [5.41, 5.74) is 2.95. The zero-order valence-electron chi connectivity index (χ0n) is 7.30. The summed E-state index contributed by atoms with van der Waals surface area (Å²) in [6, 6.07) is 0. The molecule has 1 saturated carbocycles. The highest BCUT2D eigenvalue weighted by atomic mass is 14.8. The second-order valence-corrected chi connectivity index (χ2v) is 3.81. The van der Waals surface area contributed by atoms with Crippen LogP contribution in [-0.4, -0.2) is 12.3 Å². The van der Waals surface area contributed by atoms with Crippen molar-refractivity contribution >= 4 is 5.71 Å². The maximum Gasteiger partial charge on any atom is 0.0580 e. The normalized spacial score (nSPS) is 23.9. The lowest BCUT2D eigenvalue weighted by Crippen LogP contribution is -2.07. The quantitative estimate of drug-likeness (QED) is 0.572. The maximum absolute atomic E-state index is 4.52. The Morgan fingerprint density at radius 1 is 1.45 bits per heavy atom. The van der Waals surface area contributed by atoms with Gasteiger partial charge in [0.25, 0.3) is 0 Å². The third kappa shape index (κ3) is 1.24. The lowest BCUT2D eigenvalue weighted by atomic mass is 9.97. The first-order valence-corrected chi connectivity index (χ1v) is 4.54. The Balaban J connectivity index is 2.14. The van der Waals surface area contributed by atoms with Gasteiger partial charge >= 0.3 is 0 Å². The van der Waals surface area contributed by atoms with Crippen molar-refractivity contribution in [3.63, 3.8) is 0 Å². The smallest absolute Gasteiger partial charge is 0.0580 e. The number of aliphatic imine (C=N–C) groups is 1. The summed E-state index contributed by atoms with van der Waals surface area (Å²) in [5, 5.41) is 0. The first-order chi connectivity index (χ1) is 5.29. The van der Waals surface area contributed by atoms with Crippen molar-refractivity contribution in [2.45, 2.75) is 26.7 Å². The molecule has 0 saturated heterocycles. The highest BCUT2D eigenvalue weighted by Gasteiger charge is 2.31. The fourth-order valence-corrected chi connectivity index (χ4v) is 1.69. The molecular weight excluding hydrogens is 134 g/mol. The van der Waals surface area contributed by atoms with E-state index in [9.17, 15) is 0 Å². The van der Waals surface area contributed by atoms with Gasteiger partial charge in [0.15, 0.2) is 0 Å². The van der Waals surface area contributed by atoms with E-state index in [2.05, 4.69) is 24.9 Å². The number of rotatable bonds is 2. The van der Waals surface area contributed by atoms with Gasteiger partial charge in [0.05, 0.1) is 6.54 Å². The van der Waals surface area contributed by atoms with E-state index in [1.165, 1.54) is 24.1 Å². The average molecular weight is 149 g/mol. The molecule has 0 unspecified atom stereocenters. The van der Waals surface area contributed by atoms with Crippen LogP contribution in [0.15, 0.2) is 16.6 Å². The maximum atomic E-state index is 4.52. The van der Waals surface area contributed by atoms with E-state index < -0.39 is 0 Å². The Hall–Kier alpha value is -0.590. The fourth-order valence-electron chi connectivity index (χ4n) is 1.69. The molecule has 2 aliphatic rings. The monoisotopic (exact) mass is 149 g/mol. The molecular formula is C10H15N. The molecule has 11 heavy (non-hydrogen) atoms. The van der Waals surface area contributed by atoms with Gasteiger partial charge in [-0.15, -0.1) is 0 Å². The summed E-state index contributed by atoms with van der Waals surface area (Å²) < 4.78 is 0. The number of hydrogen-bond acceptors (Lipinski definition) is 1.